The van der Waals surface area contributed by atoms with Crippen LogP contribution in [0.5, 0.6) is 0 Å². The second kappa shape index (κ2) is 6.33. The van der Waals surface area contributed by atoms with Gasteiger partial charge in [-0.15, -0.1) is 0 Å². The summed E-state index contributed by atoms with van der Waals surface area (Å²) in [5, 5.41) is 6.34. The molecule has 1 aliphatic rings. The fourth-order valence-corrected chi connectivity index (χ4v) is 2.10. The molecule has 0 radical (unpaired) electrons. The number of thiocarbonyl (C=S) groups is 1. The van der Waals surface area contributed by atoms with Crippen molar-refractivity contribution in [3.63, 3.8) is 0 Å². The zero-order valence-electron chi connectivity index (χ0n) is 11.0. The molecule has 0 unspecified atom stereocenters. The maximum absolute atomic E-state index is 11.9. The lowest BCUT2D eigenvalue weighted by atomic mass is 10.2. The Balaban J connectivity index is 1.91. The lowest BCUT2D eigenvalue weighted by Crippen LogP contribution is -2.35. The van der Waals surface area contributed by atoms with Crippen molar-refractivity contribution in [1.82, 2.24) is 10.2 Å². The van der Waals surface area contributed by atoms with Gasteiger partial charge in [0.15, 0.2) is 5.11 Å². The van der Waals surface area contributed by atoms with E-state index in [4.69, 9.17) is 12.2 Å². The molecule has 1 aromatic carbocycles. The Morgan fingerprint density at radius 2 is 2.10 bits per heavy atom. The molecule has 1 amide bonds. The zero-order chi connectivity index (χ0) is 14.5. The molecule has 0 aromatic heterocycles. The van der Waals surface area contributed by atoms with Gasteiger partial charge in [0, 0.05) is 18.8 Å². The summed E-state index contributed by atoms with van der Waals surface area (Å²) in [7, 11) is 1.32. The van der Waals surface area contributed by atoms with E-state index in [0.29, 0.717) is 16.4 Å². The molecular formula is C13H15N3O3S. The van der Waals surface area contributed by atoms with Gasteiger partial charge in [0.1, 0.15) is 0 Å². The highest BCUT2D eigenvalue weighted by molar-refractivity contribution is 7.80. The molecule has 0 saturated carbocycles. The van der Waals surface area contributed by atoms with Crippen LogP contribution in [0.25, 0.3) is 0 Å². The number of carbonyl (C=O) groups is 2. The fraction of sp³-hybridized carbons (Fsp3) is 0.308. The van der Waals surface area contributed by atoms with Crippen molar-refractivity contribution >= 4 is 34.9 Å². The minimum Gasteiger partial charge on any atom is -0.465 e. The first kappa shape index (κ1) is 14.3. The molecule has 2 N–H and O–H groups in total. The number of anilines is 1. The second-order valence-electron chi connectivity index (χ2n) is 4.27. The summed E-state index contributed by atoms with van der Waals surface area (Å²) in [6, 6.07) is 6.52. The lowest BCUT2D eigenvalue weighted by Gasteiger charge is -2.15. The molecule has 0 spiro atoms. The van der Waals surface area contributed by atoms with Crippen LogP contribution in [0.3, 0.4) is 0 Å². The fourth-order valence-electron chi connectivity index (χ4n) is 1.84. The molecule has 7 heteroatoms. The first-order valence-corrected chi connectivity index (χ1v) is 6.52. The molecule has 1 heterocycles. The first-order valence-electron chi connectivity index (χ1n) is 6.11. The van der Waals surface area contributed by atoms with Gasteiger partial charge < -0.3 is 20.3 Å². The third-order valence-corrected chi connectivity index (χ3v) is 3.27. The van der Waals surface area contributed by atoms with Crippen LogP contribution in [0.2, 0.25) is 0 Å². The highest BCUT2D eigenvalue weighted by atomic mass is 32.1. The summed E-state index contributed by atoms with van der Waals surface area (Å²) in [4.78, 5) is 24.9. The molecule has 1 aromatic rings. The van der Waals surface area contributed by atoms with E-state index in [1.54, 1.807) is 29.2 Å². The molecule has 6 nitrogen and oxygen atoms in total. The van der Waals surface area contributed by atoms with E-state index in [-0.39, 0.29) is 12.5 Å². The van der Waals surface area contributed by atoms with Crippen LogP contribution < -0.4 is 10.6 Å². The molecule has 2 rings (SSSR count). The van der Waals surface area contributed by atoms with Crippen molar-refractivity contribution in [2.24, 2.45) is 0 Å². The number of nitrogens with zero attached hydrogens (tertiary/aromatic N) is 1. The molecule has 0 aliphatic carbocycles. The topological polar surface area (TPSA) is 70.7 Å². The van der Waals surface area contributed by atoms with Gasteiger partial charge in [-0.1, -0.05) is 0 Å². The number of methoxy groups -OCH3 is 1. The van der Waals surface area contributed by atoms with E-state index in [1.807, 2.05) is 0 Å². The minimum atomic E-state index is -0.406. The van der Waals surface area contributed by atoms with Gasteiger partial charge in [0.25, 0.3) is 0 Å². The predicted octanol–water partition coefficient (Wildman–Crippen LogP) is 0.602. The van der Waals surface area contributed by atoms with Crippen LogP contribution in [0.4, 0.5) is 5.69 Å². The maximum atomic E-state index is 11.9. The summed E-state index contributed by atoms with van der Waals surface area (Å²) in [5.41, 5.74) is 1.07. The molecule has 0 atom stereocenters. The third kappa shape index (κ3) is 3.45. The van der Waals surface area contributed by atoms with Gasteiger partial charge in [0.2, 0.25) is 5.91 Å². The number of carbonyl (C=O) groups excluding carboxylic acids is 2. The highest BCUT2D eigenvalue weighted by Gasteiger charge is 2.18. The lowest BCUT2D eigenvalue weighted by molar-refractivity contribution is -0.116. The molecule has 1 aliphatic heterocycles. The number of hydrogen-bond acceptors (Lipinski definition) is 4. The molecule has 1 fully saturated rings. The van der Waals surface area contributed by atoms with Crippen molar-refractivity contribution in [3.8, 4) is 0 Å². The Bertz CT molecular complexity index is 530. The van der Waals surface area contributed by atoms with Crippen LogP contribution in [0.15, 0.2) is 24.3 Å². The SMILES string of the molecule is COC(=O)c1ccc(NC(=O)CN2CCNC2=S)cc1. The van der Waals surface area contributed by atoms with Crippen molar-refractivity contribution in [3.05, 3.63) is 29.8 Å². The van der Waals surface area contributed by atoms with E-state index in [2.05, 4.69) is 15.4 Å². The standard InChI is InChI=1S/C13H15N3O3S/c1-19-12(18)9-2-4-10(5-3-9)15-11(17)8-16-7-6-14-13(16)20/h2-5H,6-8H2,1H3,(H,14,20)(H,15,17). The molecular weight excluding hydrogens is 278 g/mol. The van der Waals surface area contributed by atoms with Crippen LogP contribution >= 0.6 is 12.2 Å². The normalized spacial score (nSPS) is 13.8. The van der Waals surface area contributed by atoms with E-state index in [9.17, 15) is 9.59 Å². The second-order valence-corrected chi connectivity index (χ2v) is 4.66. The predicted molar refractivity (Wildman–Crippen MR) is 78.6 cm³/mol. The summed E-state index contributed by atoms with van der Waals surface area (Å²) >= 11 is 5.07. The quantitative estimate of drug-likeness (QED) is 0.626. The summed E-state index contributed by atoms with van der Waals surface area (Å²) in [5.74, 6) is -0.557. The number of nitrogens with one attached hydrogen (secondary N) is 2. The molecule has 0 bridgehead atoms. The Morgan fingerprint density at radius 1 is 1.40 bits per heavy atom. The van der Waals surface area contributed by atoms with Crippen LogP contribution in [0.1, 0.15) is 10.4 Å². The number of esters is 1. The zero-order valence-corrected chi connectivity index (χ0v) is 11.8. The monoisotopic (exact) mass is 293 g/mol. The number of rotatable bonds is 4. The Morgan fingerprint density at radius 3 is 2.65 bits per heavy atom. The van der Waals surface area contributed by atoms with Gasteiger partial charge in [-0.25, -0.2) is 4.79 Å². The highest BCUT2D eigenvalue weighted by Crippen LogP contribution is 2.10. The molecule has 106 valence electrons. The smallest absolute Gasteiger partial charge is 0.337 e. The number of ether oxygens (including phenoxy) is 1. The first-order chi connectivity index (χ1) is 9.60. The Hall–Kier alpha value is -2.15. The summed E-state index contributed by atoms with van der Waals surface area (Å²) in [6.07, 6.45) is 0. The minimum absolute atomic E-state index is 0.151. The van der Waals surface area contributed by atoms with Crippen LogP contribution in [0, 0.1) is 0 Å². The maximum Gasteiger partial charge on any atom is 0.337 e. The van der Waals surface area contributed by atoms with E-state index in [0.717, 1.165) is 13.1 Å². The largest absolute Gasteiger partial charge is 0.465 e. The number of hydrogen-bond donors (Lipinski definition) is 2. The van der Waals surface area contributed by atoms with E-state index < -0.39 is 5.97 Å². The average molecular weight is 293 g/mol. The van der Waals surface area contributed by atoms with Gasteiger partial charge in [-0.2, -0.15) is 0 Å². The Labute approximate surface area is 122 Å². The van der Waals surface area contributed by atoms with Crippen molar-refractivity contribution < 1.29 is 14.3 Å². The number of amides is 1. The molecule has 20 heavy (non-hydrogen) atoms. The van der Waals surface area contributed by atoms with Gasteiger partial charge >= 0.3 is 5.97 Å². The van der Waals surface area contributed by atoms with E-state index in [1.165, 1.54) is 7.11 Å². The van der Waals surface area contributed by atoms with Gasteiger partial charge in [0.05, 0.1) is 19.2 Å². The van der Waals surface area contributed by atoms with Crippen LogP contribution in [-0.2, 0) is 9.53 Å². The van der Waals surface area contributed by atoms with E-state index >= 15 is 0 Å². The van der Waals surface area contributed by atoms with Gasteiger partial charge in [-0.05, 0) is 36.5 Å². The Kier molecular flexibility index (Phi) is 4.52. The number of benzene rings is 1. The summed E-state index contributed by atoms with van der Waals surface area (Å²) < 4.78 is 4.60. The van der Waals surface area contributed by atoms with Gasteiger partial charge in [-0.3, -0.25) is 4.79 Å². The van der Waals surface area contributed by atoms with Crippen molar-refractivity contribution in [2.45, 2.75) is 0 Å². The summed E-state index contributed by atoms with van der Waals surface area (Å²) in [6.45, 7) is 1.71. The van der Waals surface area contributed by atoms with Crippen molar-refractivity contribution in [1.29, 1.82) is 0 Å². The molecule has 1 saturated heterocycles. The van der Waals surface area contributed by atoms with Crippen LogP contribution in [-0.4, -0.2) is 48.6 Å². The average Bonchev–Trinajstić information content (AvgIpc) is 2.84. The third-order valence-electron chi connectivity index (χ3n) is 2.87. The van der Waals surface area contributed by atoms with Crippen molar-refractivity contribution in [2.75, 3.05) is 32.1 Å².